The van der Waals surface area contributed by atoms with Crippen LogP contribution in [0.5, 0.6) is 0 Å². The molecule has 0 aliphatic heterocycles. The molecule has 0 atom stereocenters. The molecule has 5 nitrogen and oxygen atoms in total. The summed E-state index contributed by atoms with van der Waals surface area (Å²) in [6.07, 6.45) is 1.72. The van der Waals surface area contributed by atoms with Crippen molar-refractivity contribution in [2.24, 2.45) is 0 Å². The number of methoxy groups -OCH3 is 1. The van der Waals surface area contributed by atoms with Crippen LogP contribution in [0, 0.1) is 0 Å². The summed E-state index contributed by atoms with van der Waals surface area (Å²) >= 11 is 3.35. The first-order chi connectivity index (χ1) is 8.72. The molecule has 0 aliphatic carbocycles. The largest absolute Gasteiger partial charge is 0.378 e. The second-order valence-corrected chi connectivity index (χ2v) is 4.53. The molecule has 0 aromatic carbocycles. The Bertz CT molecular complexity index is 530. The molecule has 18 heavy (non-hydrogen) atoms. The fourth-order valence-electron chi connectivity index (χ4n) is 1.47. The SMILES string of the molecule is CNc1cc(COC)nc(-c2ccc(Br)cn2)n1. The lowest BCUT2D eigenvalue weighted by molar-refractivity contribution is 0.181. The summed E-state index contributed by atoms with van der Waals surface area (Å²) in [5.41, 5.74) is 1.55. The number of aromatic nitrogens is 3. The Kier molecular flexibility index (Phi) is 4.22. The van der Waals surface area contributed by atoms with Gasteiger partial charge in [0.05, 0.1) is 12.3 Å². The van der Waals surface area contributed by atoms with Crippen LogP contribution >= 0.6 is 15.9 Å². The maximum atomic E-state index is 5.09. The summed E-state index contributed by atoms with van der Waals surface area (Å²) in [5, 5.41) is 3.00. The number of ether oxygens (including phenoxy) is 1. The molecule has 2 aromatic heterocycles. The number of nitrogens with zero attached hydrogens (tertiary/aromatic N) is 3. The Hall–Kier alpha value is -1.53. The number of rotatable bonds is 4. The van der Waals surface area contributed by atoms with E-state index in [1.807, 2.05) is 25.2 Å². The Labute approximate surface area is 114 Å². The van der Waals surface area contributed by atoms with Crippen LogP contribution in [0.4, 0.5) is 5.82 Å². The third-order valence-corrected chi connectivity index (χ3v) is 2.75. The molecule has 0 spiro atoms. The molecule has 0 radical (unpaired) electrons. The molecule has 1 N–H and O–H groups in total. The van der Waals surface area contributed by atoms with E-state index in [2.05, 4.69) is 36.2 Å². The fourth-order valence-corrected chi connectivity index (χ4v) is 1.70. The highest BCUT2D eigenvalue weighted by molar-refractivity contribution is 9.10. The molecule has 2 aromatic rings. The monoisotopic (exact) mass is 308 g/mol. The summed E-state index contributed by atoms with van der Waals surface area (Å²) in [5.74, 6) is 1.33. The van der Waals surface area contributed by atoms with Gasteiger partial charge in [-0.05, 0) is 28.1 Å². The lowest BCUT2D eigenvalue weighted by Gasteiger charge is -2.07. The van der Waals surface area contributed by atoms with Crippen LogP contribution in [0.25, 0.3) is 11.5 Å². The first kappa shape index (κ1) is 12.9. The fraction of sp³-hybridized carbons (Fsp3) is 0.250. The predicted octanol–water partition coefficient (Wildman–Crippen LogP) is 2.49. The van der Waals surface area contributed by atoms with Gasteiger partial charge in [0.1, 0.15) is 11.5 Å². The molecule has 2 rings (SSSR count). The van der Waals surface area contributed by atoms with Gasteiger partial charge < -0.3 is 10.1 Å². The lowest BCUT2D eigenvalue weighted by atomic mass is 10.3. The van der Waals surface area contributed by atoms with Gasteiger partial charge in [-0.3, -0.25) is 4.98 Å². The average molecular weight is 309 g/mol. The topological polar surface area (TPSA) is 59.9 Å². The van der Waals surface area contributed by atoms with Gasteiger partial charge in [0.25, 0.3) is 0 Å². The number of hydrogen-bond donors (Lipinski definition) is 1. The summed E-state index contributed by atoms with van der Waals surface area (Å²) in [6, 6.07) is 5.63. The standard InChI is InChI=1S/C12H13BrN4O/c1-14-11-5-9(7-18-2)16-12(17-11)10-4-3-8(13)6-15-10/h3-6H,7H2,1-2H3,(H,14,16,17). The molecule has 0 aliphatic rings. The van der Waals surface area contributed by atoms with Crippen LogP contribution < -0.4 is 5.32 Å². The second-order valence-electron chi connectivity index (χ2n) is 3.61. The minimum atomic E-state index is 0.445. The molecular formula is C12H13BrN4O. The molecule has 0 saturated heterocycles. The molecule has 0 amide bonds. The number of halogens is 1. The lowest BCUT2D eigenvalue weighted by Crippen LogP contribution is -2.02. The van der Waals surface area contributed by atoms with E-state index >= 15 is 0 Å². The average Bonchev–Trinajstić information content (AvgIpc) is 2.39. The van der Waals surface area contributed by atoms with Crippen molar-refractivity contribution in [1.29, 1.82) is 0 Å². The molecule has 0 unspecified atom stereocenters. The molecule has 0 saturated carbocycles. The Balaban J connectivity index is 2.42. The molecular weight excluding hydrogens is 296 g/mol. The first-order valence-corrected chi connectivity index (χ1v) is 6.19. The summed E-state index contributed by atoms with van der Waals surface area (Å²) in [4.78, 5) is 13.1. The van der Waals surface area contributed by atoms with Crippen molar-refractivity contribution < 1.29 is 4.74 Å². The summed E-state index contributed by atoms with van der Waals surface area (Å²) < 4.78 is 6.02. The number of hydrogen-bond acceptors (Lipinski definition) is 5. The quantitative estimate of drug-likeness (QED) is 0.940. The third kappa shape index (κ3) is 3.02. The van der Waals surface area contributed by atoms with Gasteiger partial charge in [0.2, 0.25) is 0 Å². The van der Waals surface area contributed by atoms with E-state index < -0.39 is 0 Å². The highest BCUT2D eigenvalue weighted by Crippen LogP contribution is 2.18. The second kappa shape index (κ2) is 5.88. The predicted molar refractivity (Wildman–Crippen MR) is 73.2 cm³/mol. The number of anilines is 1. The Morgan fingerprint density at radius 3 is 2.78 bits per heavy atom. The van der Waals surface area contributed by atoms with E-state index in [1.54, 1.807) is 13.3 Å². The van der Waals surface area contributed by atoms with Gasteiger partial charge in [-0.2, -0.15) is 0 Å². The van der Waals surface area contributed by atoms with Crippen LogP contribution in [0.1, 0.15) is 5.69 Å². The van der Waals surface area contributed by atoms with Crippen LogP contribution in [-0.4, -0.2) is 29.1 Å². The van der Waals surface area contributed by atoms with Crippen molar-refractivity contribution >= 4 is 21.7 Å². The smallest absolute Gasteiger partial charge is 0.180 e. The van der Waals surface area contributed by atoms with Crippen LogP contribution in [0.3, 0.4) is 0 Å². The minimum Gasteiger partial charge on any atom is -0.378 e. The molecule has 2 heterocycles. The highest BCUT2D eigenvalue weighted by Gasteiger charge is 2.07. The zero-order chi connectivity index (χ0) is 13.0. The van der Waals surface area contributed by atoms with Gasteiger partial charge in [-0.1, -0.05) is 0 Å². The zero-order valence-electron chi connectivity index (χ0n) is 10.1. The van der Waals surface area contributed by atoms with E-state index in [0.29, 0.717) is 12.4 Å². The van der Waals surface area contributed by atoms with Crippen molar-refractivity contribution in [2.45, 2.75) is 6.61 Å². The van der Waals surface area contributed by atoms with E-state index in [-0.39, 0.29) is 0 Å². The Morgan fingerprint density at radius 1 is 1.33 bits per heavy atom. The molecule has 6 heteroatoms. The maximum Gasteiger partial charge on any atom is 0.180 e. The van der Waals surface area contributed by atoms with Crippen molar-refractivity contribution in [3.63, 3.8) is 0 Å². The van der Waals surface area contributed by atoms with Gasteiger partial charge in [0, 0.05) is 30.9 Å². The van der Waals surface area contributed by atoms with Crippen molar-refractivity contribution in [3.05, 3.63) is 34.6 Å². The van der Waals surface area contributed by atoms with Crippen LogP contribution in [0.2, 0.25) is 0 Å². The third-order valence-electron chi connectivity index (χ3n) is 2.28. The van der Waals surface area contributed by atoms with Gasteiger partial charge in [0.15, 0.2) is 5.82 Å². The van der Waals surface area contributed by atoms with E-state index in [0.717, 1.165) is 21.7 Å². The van der Waals surface area contributed by atoms with Crippen LogP contribution in [0.15, 0.2) is 28.9 Å². The first-order valence-electron chi connectivity index (χ1n) is 5.39. The maximum absolute atomic E-state index is 5.09. The van der Waals surface area contributed by atoms with Crippen molar-refractivity contribution in [1.82, 2.24) is 15.0 Å². The van der Waals surface area contributed by atoms with Crippen LogP contribution in [-0.2, 0) is 11.3 Å². The van der Waals surface area contributed by atoms with E-state index in [4.69, 9.17) is 4.74 Å². The van der Waals surface area contributed by atoms with Crippen molar-refractivity contribution in [3.8, 4) is 11.5 Å². The number of nitrogens with one attached hydrogen (secondary N) is 1. The summed E-state index contributed by atoms with van der Waals surface area (Å²) in [7, 11) is 3.45. The summed E-state index contributed by atoms with van der Waals surface area (Å²) in [6.45, 7) is 0.445. The molecule has 0 bridgehead atoms. The highest BCUT2D eigenvalue weighted by atomic mass is 79.9. The molecule has 0 fully saturated rings. The van der Waals surface area contributed by atoms with E-state index in [1.165, 1.54) is 0 Å². The van der Waals surface area contributed by atoms with Gasteiger partial charge in [-0.15, -0.1) is 0 Å². The minimum absolute atomic E-state index is 0.445. The zero-order valence-corrected chi connectivity index (χ0v) is 11.7. The normalized spacial score (nSPS) is 10.4. The Morgan fingerprint density at radius 2 is 2.17 bits per heavy atom. The number of pyridine rings is 1. The van der Waals surface area contributed by atoms with Gasteiger partial charge >= 0.3 is 0 Å². The molecule has 94 valence electrons. The van der Waals surface area contributed by atoms with Gasteiger partial charge in [-0.25, -0.2) is 9.97 Å². The van der Waals surface area contributed by atoms with E-state index in [9.17, 15) is 0 Å². The van der Waals surface area contributed by atoms with Crippen molar-refractivity contribution in [2.75, 3.05) is 19.5 Å².